The largest absolute Gasteiger partial charge is 0.464 e. The summed E-state index contributed by atoms with van der Waals surface area (Å²) in [7, 11) is 0. The van der Waals surface area contributed by atoms with Gasteiger partial charge in [0.15, 0.2) is 5.43 Å². The molecule has 2 amide bonds. The Morgan fingerprint density at radius 1 is 1.29 bits per heavy atom. The quantitative estimate of drug-likeness (QED) is 0.778. The SMILES string of the molecule is CCOC(=O)C1=C(C(F)(F)F)NC(=O)NC1c1coc2cccc(C)c2c1=O. The Bertz CT molecular complexity index is 1060. The molecule has 1 aromatic carbocycles. The average molecular weight is 396 g/mol. The van der Waals surface area contributed by atoms with E-state index in [2.05, 4.69) is 5.32 Å². The van der Waals surface area contributed by atoms with E-state index in [1.54, 1.807) is 24.4 Å². The third-order valence-electron chi connectivity index (χ3n) is 4.20. The number of alkyl halides is 3. The lowest BCUT2D eigenvalue weighted by atomic mass is 9.94. The molecule has 0 bridgehead atoms. The number of carbonyl (C=O) groups excluding carboxylic acids is 2. The van der Waals surface area contributed by atoms with Gasteiger partial charge in [0.05, 0.1) is 29.2 Å². The first-order valence-electron chi connectivity index (χ1n) is 8.22. The van der Waals surface area contributed by atoms with Crippen LogP contribution in [0.15, 0.2) is 44.9 Å². The molecule has 1 aromatic heterocycles. The fourth-order valence-corrected chi connectivity index (χ4v) is 3.00. The molecular formula is C18H15F3N2O5. The van der Waals surface area contributed by atoms with Gasteiger partial charge in [0.2, 0.25) is 0 Å². The zero-order chi connectivity index (χ0) is 20.6. The van der Waals surface area contributed by atoms with E-state index in [0.29, 0.717) is 5.56 Å². The van der Waals surface area contributed by atoms with Gasteiger partial charge in [-0.3, -0.25) is 4.79 Å². The molecule has 0 radical (unpaired) electrons. The van der Waals surface area contributed by atoms with E-state index in [0.717, 1.165) is 6.26 Å². The fourth-order valence-electron chi connectivity index (χ4n) is 3.00. The van der Waals surface area contributed by atoms with E-state index in [1.165, 1.54) is 13.0 Å². The van der Waals surface area contributed by atoms with Crippen LogP contribution in [0.5, 0.6) is 0 Å². The number of aryl methyl sites for hydroxylation is 1. The third kappa shape index (κ3) is 3.32. The van der Waals surface area contributed by atoms with E-state index >= 15 is 0 Å². The topological polar surface area (TPSA) is 97.6 Å². The van der Waals surface area contributed by atoms with Crippen molar-refractivity contribution in [1.82, 2.24) is 10.6 Å². The minimum Gasteiger partial charge on any atom is -0.464 e. The van der Waals surface area contributed by atoms with Crippen molar-refractivity contribution in [1.29, 1.82) is 0 Å². The first-order valence-corrected chi connectivity index (χ1v) is 8.22. The van der Waals surface area contributed by atoms with Crippen LogP contribution in [-0.4, -0.2) is 24.8 Å². The number of fused-ring (bicyclic) bond motifs is 1. The minimum atomic E-state index is -5.05. The van der Waals surface area contributed by atoms with E-state index in [9.17, 15) is 27.6 Å². The van der Waals surface area contributed by atoms with Gasteiger partial charge in [-0.1, -0.05) is 12.1 Å². The van der Waals surface area contributed by atoms with Gasteiger partial charge in [-0.15, -0.1) is 0 Å². The van der Waals surface area contributed by atoms with Crippen LogP contribution in [0.1, 0.15) is 24.1 Å². The Labute approximate surface area is 156 Å². The second kappa shape index (κ2) is 7.02. The van der Waals surface area contributed by atoms with Gasteiger partial charge < -0.3 is 19.8 Å². The maximum absolute atomic E-state index is 13.5. The smallest absolute Gasteiger partial charge is 0.432 e. The van der Waals surface area contributed by atoms with Gasteiger partial charge in [0.1, 0.15) is 17.5 Å². The second-order valence-electron chi connectivity index (χ2n) is 6.01. The van der Waals surface area contributed by atoms with Crippen molar-refractivity contribution in [2.45, 2.75) is 26.1 Å². The van der Waals surface area contributed by atoms with E-state index in [4.69, 9.17) is 9.15 Å². The summed E-state index contributed by atoms with van der Waals surface area (Å²) >= 11 is 0. The Morgan fingerprint density at radius 2 is 2.00 bits per heavy atom. The number of carbonyl (C=O) groups is 2. The van der Waals surface area contributed by atoms with Gasteiger partial charge in [-0.05, 0) is 25.5 Å². The Morgan fingerprint density at radius 3 is 2.64 bits per heavy atom. The summed E-state index contributed by atoms with van der Waals surface area (Å²) in [5, 5.41) is 3.91. The monoisotopic (exact) mass is 396 g/mol. The summed E-state index contributed by atoms with van der Waals surface area (Å²) < 4.78 is 50.5. The maximum atomic E-state index is 13.5. The Balaban J connectivity index is 2.29. The lowest BCUT2D eigenvalue weighted by Crippen LogP contribution is -2.50. The lowest BCUT2D eigenvalue weighted by molar-refractivity contribution is -0.140. The number of amides is 2. The van der Waals surface area contributed by atoms with Gasteiger partial charge in [0.25, 0.3) is 0 Å². The van der Waals surface area contributed by atoms with Gasteiger partial charge in [0, 0.05) is 0 Å². The number of benzene rings is 1. The highest BCUT2D eigenvalue weighted by molar-refractivity contribution is 5.95. The number of esters is 1. The molecule has 1 aliphatic heterocycles. The summed E-state index contributed by atoms with van der Waals surface area (Å²) in [6.45, 7) is 2.86. The number of hydrogen-bond donors (Lipinski definition) is 2. The predicted molar refractivity (Wildman–Crippen MR) is 91.3 cm³/mol. The molecule has 148 valence electrons. The van der Waals surface area contributed by atoms with Gasteiger partial charge in [-0.2, -0.15) is 13.2 Å². The van der Waals surface area contributed by atoms with Crippen LogP contribution in [0.3, 0.4) is 0 Å². The molecule has 10 heteroatoms. The molecule has 1 atom stereocenters. The number of nitrogens with one attached hydrogen (secondary N) is 2. The number of allylic oxidation sites excluding steroid dienone is 1. The van der Waals surface area contributed by atoms with Crippen LogP contribution < -0.4 is 16.1 Å². The van der Waals surface area contributed by atoms with E-state index in [-0.39, 0.29) is 23.1 Å². The van der Waals surface area contributed by atoms with E-state index in [1.807, 2.05) is 0 Å². The molecule has 1 unspecified atom stereocenters. The highest BCUT2D eigenvalue weighted by Gasteiger charge is 2.46. The predicted octanol–water partition coefficient (Wildman–Crippen LogP) is 2.83. The molecule has 2 N–H and O–H groups in total. The molecule has 2 aromatic rings. The maximum Gasteiger partial charge on any atom is 0.432 e. The summed E-state index contributed by atoms with van der Waals surface area (Å²) in [6.07, 6.45) is -4.11. The highest BCUT2D eigenvalue weighted by atomic mass is 19.4. The summed E-state index contributed by atoms with van der Waals surface area (Å²) in [4.78, 5) is 37.1. The highest BCUT2D eigenvalue weighted by Crippen LogP contribution is 2.35. The molecule has 0 saturated carbocycles. The lowest BCUT2D eigenvalue weighted by Gasteiger charge is -2.29. The van der Waals surface area contributed by atoms with Crippen molar-refractivity contribution in [2.24, 2.45) is 0 Å². The van der Waals surface area contributed by atoms with Crippen LogP contribution in [0.2, 0.25) is 0 Å². The Kier molecular flexibility index (Phi) is 4.88. The van der Waals surface area contributed by atoms with Crippen LogP contribution in [0, 0.1) is 6.92 Å². The van der Waals surface area contributed by atoms with Crippen molar-refractivity contribution in [3.63, 3.8) is 0 Å². The normalized spacial score (nSPS) is 17.3. The molecule has 28 heavy (non-hydrogen) atoms. The molecule has 0 saturated heterocycles. The van der Waals surface area contributed by atoms with Crippen LogP contribution in [-0.2, 0) is 9.53 Å². The van der Waals surface area contributed by atoms with Gasteiger partial charge >= 0.3 is 18.2 Å². The number of hydrogen-bond acceptors (Lipinski definition) is 5. The first-order chi connectivity index (χ1) is 13.1. The van der Waals surface area contributed by atoms with Crippen LogP contribution >= 0.6 is 0 Å². The second-order valence-corrected chi connectivity index (χ2v) is 6.01. The number of halogens is 3. The number of rotatable bonds is 3. The molecule has 3 rings (SSSR count). The van der Waals surface area contributed by atoms with Crippen molar-refractivity contribution in [3.05, 3.63) is 57.1 Å². The first kappa shape index (κ1) is 19.5. The van der Waals surface area contributed by atoms with Crippen LogP contribution in [0.4, 0.5) is 18.0 Å². The molecule has 0 fully saturated rings. The van der Waals surface area contributed by atoms with Crippen LogP contribution in [0.25, 0.3) is 11.0 Å². The standard InChI is InChI=1S/C18H15F3N2O5/c1-3-27-16(25)12-13(22-17(26)23-15(12)18(19,20)21)9-7-28-10-6-4-5-8(2)11(10)14(9)24/h4-7,13H,3H2,1-2H3,(H2,22,23,26). The molecule has 0 spiro atoms. The fraction of sp³-hybridized carbons (Fsp3) is 0.278. The number of ether oxygens (including phenoxy) is 1. The zero-order valence-corrected chi connectivity index (χ0v) is 14.8. The summed E-state index contributed by atoms with van der Waals surface area (Å²) in [5.41, 5.74) is -2.72. The molecule has 7 nitrogen and oxygen atoms in total. The van der Waals surface area contributed by atoms with Crippen molar-refractivity contribution < 1.29 is 31.9 Å². The molecule has 2 heterocycles. The third-order valence-corrected chi connectivity index (χ3v) is 4.20. The summed E-state index contributed by atoms with van der Waals surface area (Å²) in [5.74, 6) is -1.31. The number of urea groups is 1. The minimum absolute atomic E-state index is 0.143. The Hall–Kier alpha value is -3.30. The van der Waals surface area contributed by atoms with E-state index < -0.39 is 40.9 Å². The van der Waals surface area contributed by atoms with Crippen molar-refractivity contribution >= 4 is 23.0 Å². The van der Waals surface area contributed by atoms with Gasteiger partial charge in [-0.25, -0.2) is 9.59 Å². The van der Waals surface area contributed by atoms with Crippen molar-refractivity contribution in [2.75, 3.05) is 6.61 Å². The average Bonchev–Trinajstić information content (AvgIpc) is 2.60. The summed E-state index contributed by atoms with van der Waals surface area (Å²) in [6, 6.07) is 1.91. The molecule has 0 aliphatic carbocycles. The molecule has 1 aliphatic rings. The molecular weight excluding hydrogens is 381 g/mol. The zero-order valence-electron chi connectivity index (χ0n) is 14.8. The van der Waals surface area contributed by atoms with Crippen molar-refractivity contribution in [3.8, 4) is 0 Å².